The molecule has 0 aliphatic heterocycles. The monoisotopic (exact) mass is 319 g/mol. The molecule has 3 nitrogen and oxygen atoms in total. The van der Waals surface area contributed by atoms with Gasteiger partial charge in [0.1, 0.15) is 0 Å². The molecule has 0 aliphatic carbocycles. The second kappa shape index (κ2) is 6.07. The van der Waals surface area contributed by atoms with Crippen LogP contribution in [0, 0.1) is 9.49 Å². The maximum absolute atomic E-state index is 11.6. The molecule has 1 aromatic carbocycles. The zero-order chi connectivity index (χ0) is 11.3. The molecule has 1 aromatic rings. The Morgan fingerprint density at radius 3 is 2.60 bits per heavy atom. The minimum absolute atomic E-state index is 0.0902. The van der Waals surface area contributed by atoms with Gasteiger partial charge in [-0.2, -0.15) is 0 Å². The minimum Gasteiger partial charge on any atom is -0.396 e. The molecule has 1 unspecified atom stereocenters. The lowest BCUT2D eigenvalue weighted by Gasteiger charge is -2.09. The van der Waals surface area contributed by atoms with E-state index in [1.54, 1.807) is 12.1 Å². The van der Waals surface area contributed by atoms with Crippen molar-refractivity contribution in [1.29, 1.82) is 0 Å². The Balaban J connectivity index is 2.50. The van der Waals surface area contributed by atoms with Crippen molar-refractivity contribution in [3.63, 3.8) is 0 Å². The predicted molar refractivity (Wildman–Crippen MR) is 67.7 cm³/mol. The molecular formula is C11H14INO2. The summed E-state index contributed by atoms with van der Waals surface area (Å²) in [6.07, 6.45) is 0. The van der Waals surface area contributed by atoms with Gasteiger partial charge in [0.15, 0.2) is 0 Å². The van der Waals surface area contributed by atoms with Crippen LogP contribution < -0.4 is 5.32 Å². The van der Waals surface area contributed by atoms with E-state index >= 15 is 0 Å². The fourth-order valence-corrected chi connectivity index (χ4v) is 1.39. The smallest absolute Gasteiger partial charge is 0.251 e. The summed E-state index contributed by atoms with van der Waals surface area (Å²) in [6, 6.07) is 7.37. The van der Waals surface area contributed by atoms with Gasteiger partial charge in [-0.15, -0.1) is 0 Å². The third kappa shape index (κ3) is 4.17. The van der Waals surface area contributed by atoms with Gasteiger partial charge in [-0.1, -0.05) is 6.92 Å². The number of hydrogen-bond acceptors (Lipinski definition) is 2. The zero-order valence-electron chi connectivity index (χ0n) is 8.53. The Labute approximate surface area is 103 Å². The minimum atomic E-state index is -0.0910. The van der Waals surface area contributed by atoms with Crippen molar-refractivity contribution in [3.05, 3.63) is 33.4 Å². The topological polar surface area (TPSA) is 49.3 Å². The molecule has 0 aliphatic rings. The lowest BCUT2D eigenvalue weighted by molar-refractivity contribution is 0.0942. The highest BCUT2D eigenvalue weighted by molar-refractivity contribution is 14.1. The van der Waals surface area contributed by atoms with E-state index in [9.17, 15) is 4.79 Å². The van der Waals surface area contributed by atoms with Crippen LogP contribution in [0.25, 0.3) is 0 Å². The summed E-state index contributed by atoms with van der Waals surface area (Å²) >= 11 is 2.19. The van der Waals surface area contributed by atoms with E-state index in [0.717, 1.165) is 3.57 Å². The van der Waals surface area contributed by atoms with Gasteiger partial charge in [0.2, 0.25) is 0 Å². The van der Waals surface area contributed by atoms with Crippen molar-refractivity contribution in [1.82, 2.24) is 5.32 Å². The number of aliphatic hydroxyl groups is 1. The SMILES string of the molecule is CC(CO)CNC(=O)c1ccc(I)cc1. The molecule has 1 amide bonds. The van der Waals surface area contributed by atoms with Gasteiger partial charge < -0.3 is 10.4 Å². The normalized spacial score (nSPS) is 12.2. The molecule has 0 saturated heterocycles. The Hall–Kier alpha value is -0.620. The van der Waals surface area contributed by atoms with Crippen molar-refractivity contribution in [2.45, 2.75) is 6.92 Å². The molecule has 0 saturated carbocycles. The fourth-order valence-electron chi connectivity index (χ4n) is 1.03. The van der Waals surface area contributed by atoms with E-state index in [2.05, 4.69) is 27.9 Å². The number of nitrogens with one attached hydrogen (secondary N) is 1. The van der Waals surface area contributed by atoms with Crippen LogP contribution in [0.5, 0.6) is 0 Å². The maximum atomic E-state index is 11.6. The summed E-state index contributed by atoms with van der Waals surface area (Å²) in [5, 5.41) is 11.6. The number of benzene rings is 1. The molecule has 0 spiro atoms. The first-order valence-corrected chi connectivity index (χ1v) is 5.86. The van der Waals surface area contributed by atoms with Gasteiger partial charge in [0.25, 0.3) is 5.91 Å². The first-order chi connectivity index (χ1) is 7.13. The van der Waals surface area contributed by atoms with Crippen LogP contribution in [0.4, 0.5) is 0 Å². The molecule has 0 bridgehead atoms. The van der Waals surface area contributed by atoms with Crippen molar-refractivity contribution < 1.29 is 9.90 Å². The molecule has 1 rings (SSSR count). The van der Waals surface area contributed by atoms with Gasteiger partial charge in [0.05, 0.1) is 0 Å². The number of rotatable bonds is 4. The zero-order valence-corrected chi connectivity index (χ0v) is 10.7. The summed E-state index contributed by atoms with van der Waals surface area (Å²) in [7, 11) is 0. The third-order valence-electron chi connectivity index (χ3n) is 2.03. The molecule has 0 fully saturated rings. The van der Waals surface area contributed by atoms with Crippen LogP contribution >= 0.6 is 22.6 Å². The van der Waals surface area contributed by atoms with Crippen molar-refractivity contribution in [2.24, 2.45) is 5.92 Å². The van der Waals surface area contributed by atoms with E-state index in [0.29, 0.717) is 12.1 Å². The van der Waals surface area contributed by atoms with Gasteiger partial charge in [-0.25, -0.2) is 0 Å². The molecule has 1 atom stereocenters. The number of carbonyl (C=O) groups excluding carboxylic acids is 1. The molecule has 4 heteroatoms. The number of carbonyl (C=O) groups is 1. The van der Waals surface area contributed by atoms with Crippen LogP contribution in [0.2, 0.25) is 0 Å². The molecule has 15 heavy (non-hydrogen) atoms. The molecule has 0 radical (unpaired) electrons. The maximum Gasteiger partial charge on any atom is 0.251 e. The van der Waals surface area contributed by atoms with Gasteiger partial charge in [-0.05, 0) is 52.8 Å². The first kappa shape index (κ1) is 12.4. The summed E-state index contributed by atoms with van der Waals surface area (Å²) in [4.78, 5) is 11.6. The highest BCUT2D eigenvalue weighted by Crippen LogP contribution is 2.06. The van der Waals surface area contributed by atoms with E-state index in [-0.39, 0.29) is 18.4 Å². The second-order valence-corrected chi connectivity index (χ2v) is 4.75. The van der Waals surface area contributed by atoms with Crippen LogP contribution in [0.15, 0.2) is 24.3 Å². The Morgan fingerprint density at radius 1 is 1.47 bits per heavy atom. The molecule has 0 heterocycles. The lowest BCUT2D eigenvalue weighted by atomic mass is 10.2. The Kier molecular flexibility index (Phi) is 5.04. The highest BCUT2D eigenvalue weighted by atomic mass is 127. The summed E-state index contributed by atoms with van der Waals surface area (Å²) in [5.41, 5.74) is 0.653. The summed E-state index contributed by atoms with van der Waals surface area (Å²) < 4.78 is 1.10. The molecule has 82 valence electrons. The largest absolute Gasteiger partial charge is 0.396 e. The molecule has 2 N–H and O–H groups in total. The number of amides is 1. The van der Waals surface area contributed by atoms with E-state index in [1.807, 2.05) is 19.1 Å². The summed E-state index contributed by atoms with van der Waals surface area (Å²) in [6.45, 7) is 2.47. The van der Waals surface area contributed by atoms with Crippen LogP contribution in [0.1, 0.15) is 17.3 Å². The lowest BCUT2D eigenvalue weighted by Crippen LogP contribution is -2.29. The van der Waals surface area contributed by atoms with E-state index < -0.39 is 0 Å². The molecular weight excluding hydrogens is 305 g/mol. The highest BCUT2D eigenvalue weighted by Gasteiger charge is 2.06. The summed E-state index contributed by atoms with van der Waals surface area (Å²) in [5.74, 6) is 0.00417. The van der Waals surface area contributed by atoms with Crippen LogP contribution in [-0.2, 0) is 0 Å². The van der Waals surface area contributed by atoms with Crippen molar-refractivity contribution >= 4 is 28.5 Å². The first-order valence-electron chi connectivity index (χ1n) is 4.78. The second-order valence-electron chi connectivity index (χ2n) is 3.50. The average Bonchev–Trinajstić information content (AvgIpc) is 2.26. The number of halogens is 1. The van der Waals surface area contributed by atoms with E-state index in [4.69, 9.17) is 5.11 Å². The van der Waals surface area contributed by atoms with Gasteiger partial charge >= 0.3 is 0 Å². The standard InChI is InChI=1S/C11H14INO2/c1-8(7-14)6-13-11(15)9-2-4-10(12)5-3-9/h2-5,8,14H,6-7H2,1H3,(H,13,15). The quantitative estimate of drug-likeness (QED) is 0.829. The fraction of sp³-hybridized carbons (Fsp3) is 0.364. The number of aliphatic hydroxyl groups excluding tert-OH is 1. The van der Waals surface area contributed by atoms with Crippen LogP contribution in [-0.4, -0.2) is 24.2 Å². The predicted octanol–water partition coefficient (Wildman–Crippen LogP) is 1.65. The van der Waals surface area contributed by atoms with Crippen molar-refractivity contribution in [2.75, 3.05) is 13.2 Å². The number of hydrogen-bond donors (Lipinski definition) is 2. The Bertz CT molecular complexity index is 324. The van der Waals surface area contributed by atoms with Gasteiger partial charge in [0, 0.05) is 22.3 Å². The Morgan fingerprint density at radius 2 is 2.07 bits per heavy atom. The molecule has 0 aromatic heterocycles. The third-order valence-corrected chi connectivity index (χ3v) is 2.75. The van der Waals surface area contributed by atoms with E-state index in [1.165, 1.54) is 0 Å². The van der Waals surface area contributed by atoms with Crippen molar-refractivity contribution in [3.8, 4) is 0 Å². The average molecular weight is 319 g/mol. The van der Waals surface area contributed by atoms with Crippen LogP contribution in [0.3, 0.4) is 0 Å². The van der Waals surface area contributed by atoms with Gasteiger partial charge in [-0.3, -0.25) is 4.79 Å².